The molecule has 0 amide bonds. The van der Waals surface area contributed by atoms with Crippen LogP contribution in [0.5, 0.6) is 5.75 Å². The summed E-state index contributed by atoms with van der Waals surface area (Å²) in [7, 11) is -6.85. The normalized spacial score (nSPS) is 12.9. The Labute approximate surface area is 126 Å². The van der Waals surface area contributed by atoms with E-state index in [1.54, 1.807) is 12.1 Å². The second kappa shape index (κ2) is 6.76. The van der Waals surface area contributed by atoms with Gasteiger partial charge in [0.05, 0.1) is 12.5 Å². The first kappa shape index (κ1) is 17.9. The van der Waals surface area contributed by atoms with Crippen LogP contribution >= 0.6 is 0 Å². The number of benzene rings is 1. The molecule has 0 aliphatic carbocycles. The van der Waals surface area contributed by atoms with Crippen LogP contribution in [0.2, 0.25) is 0 Å². The highest BCUT2D eigenvalue weighted by molar-refractivity contribution is 7.88. The minimum Gasteiger partial charge on any atom is -0.383 e. The molecule has 1 aromatic carbocycles. The molecule has 120 valence electrons. The fourth-order valence-corrected chi connectivity index (χ4v) is 3.17. The van der Waals surface area contributed by atoms with Gasteiger partial charge in [-0.15, -0.1) is 0 Å². The molecule has 0 heterocycles. The lowest BCUT2D eigenvalue weighted by molar-refractivity contribution is 0.365. The maximum atomic E-state index is 11.7. The summed E-state index contributed by atoms with van der Waals surface area (Å²) in [4.78, 5) is 0. The van der Waals surface area contributed by atoms with Crippen molar-refractivity contribution in [3.8, 4) is 5.75 Å². The third kappa shape index (κ3) is 6.92. The first-order valence-corrected chi connectivity index (χ1v) is 10.1. The number of nitrogens with zero attached hydrogens (tertiary/aromatic N) is 1. The molecule has 0 N–H and O–H groups in total. The molecule has 8 heteroatoms. The largest absolute Gasteiger partial charge is 0.383 e. The van der Waals surface area contributed by atoms with E-state index in [-0.39, 0.29) is 18.2 Å². The molecule has 21 heavy (non-hydrogen) atoms. The smallest absolute Gasteiger partial charge is 0.306 e. The number of hydrogen-bond donors (Lipinski definition) is 0. The van der Waals surface area contributed by atoms with Gasteiger partial charge in [-0.05, 0) is 23.6 Å². The van der Waals surface area contributed by atoms with Crippen molar-refractivity contribution in [3.63, 3.8) is 0 Å². The van der Waals surface area contributed by atoms with E-state index in [4.69, 9.17) is 4.18 Å². The van der Waals surface area contributed by atoms with Gasteiger partial charge in [-0.25, -0.2) is 8.42 Å². The Bertz CT molecular complexity index is 663. The Morgan fingerprint density at radius 1 is 1.05 bits per heavy atom. The zero-order chi connectivity index (χ0) is 16.3. The Hall–Kier alpha value is -1.12. The molecule has 1 rings (SSSR count). The molecular formula is C13H21NO5S2. The van der Waals surface area contributed by atoms with Crippen molar-refractivity contribution >= 4 is 20.1 Å². The second-order valence-electron chi connectivity index (χ2n) is 5.38. The fraction of sp³-hybridized carbons (Fsp3) is 0.538. The van der Waals surface area contributed by atoms with E-state index < -0.39 is 20.1 Å². The summed E-state index contributed by atoms with van der Waals surface area (Å²) >= 11 is 0. The summed E-state index contributed by atoms with van der Waals surface area (Å²) in [5, 5.41) is 0. The van der Waals surface area contributed by atoms with E-state index in [0.717, 1.165) is 11.8 Å². The van der Waals surface area contributed by atoms with Gasteiger partial charge in [0.1, 0.15) is 5.75 Å². The third-order valence-electron chi connectivity index (χ3n) is 2.57. The van der Waals surface area contributed by atoms with Crippen LogP contribution in [-0.2, 0) is 26.7 Å². The lowest BCUT2D eigenvalue weighted by Gasteiger charge is -2.22. The predicted octanol–water partition coefficient (Wildman–Crippen LogP) is 1.44. The summed E-state index contributed by atoms with van der Waals surface area (Å²) in [5.41, 5.74) is 0.766. The van der Waals surface area contributed by atoms with Gasteiger partial charge < -0.3 is 4.18 Å². The van der Waals surface area contributed by atoms with Crippen LogP contribution in [-0.4, -0.2) is 40.2 Å². The van der Waals surface area contributed by atoms with Gasteiger partial charge in [0, 0.05) is 13.1 Å². The SMILES string of the molecule is CC(C)CN(Cc1ccc(OS(C)(=O)=O)cc1)S(C)(=O)=O. The molecule has 0 aromatic heterocycles. The molecule has 0 atom stereocenters. The van der Waals surface area contributed by atoms with Gasteiger partial charge in [-0.1, -0.05) is 26.0 Å². The molecule has 0 fully saturated rings. The minimum atomic E-state index is -3.56. The summed E-state index contributed by atoms with van der Waals surface area (Å²) in [5.74, 6) is 0.420. The van der Waals surface area contributed by atoms with Crippen molar-refractivity contribution in [3.05, 3.63) is 29.8 Å². The third-order valence-corrected chi connectivity index (χ3v) is 4.28. The molecule has 0 aliphatic rings. The summed E-state index contributed by atoms with van der Waals surface area (Å²) in [6.07, 6.45) is 2.14. The number of rotatable bonds is 7. The van der Waals surface area contributed by atoms with Crippen molar-refractivity contribution in [2.45, 2.75) is 20.4 Å². The lowest BCUT2D eigenvalue weighted by Crippen LogP contribution is -2.32. The summed E-state index contributed by atoms with van der Waals surface area (Å²) in [6, 6.07) is 6.32. The van der Waals surface area contributed by atoms with Crippen LogP contribution in [0.15, 0.2) is 24.3 Å². The lowest BCUT2D eigenvalue weighted by atomic mass is 10.2. The Morgan fingerprint density at radius 3 is 1.95 bits per heavy atom. The number of hydrogen-bond acceptors (Lipinski definition) is 5. The van der Waals surface area contributed by atoms with Crippen molar-refractivity contribution in [2.75, 3.05) is 19.1 Å². The molecule has 0 saturated heterocycles. The van der Waals surface area contributed by atoms with Crippen LogP contribution in [0.3, 0.4) is 0 Å². The van der Waals surface area contributed by atoms with Gasteiger partial charge >= 0.3 is 10.1 Å². The maximum absolute atomic E-state index is 11.7. The molecule has 0 aliphatic heterocycles. The standard InChI is InChI=1S/C13H21NO5S2/c1-11(2)9-14(20(3,15)16)10-12-5-7-13(8-6-12)19-21(4,17)18/h5-8,11H,9-10H2,1-4H3. The van der Waals surface area contributed by atoms with Crippen molar-refractivity contribution in [1.82, 2.24) is 4.31 Å². The van der Waals surface area contributed by atoms with E-state index in [0.29, 0.717) is 6.54 Å². The minimum absolute atomic E-state index is 0.205. The Balaban J connectivity index is 2.86. The van der Waals surface area contributed by atoms with Gasteiger partial charge in [0.25, 0.3) is 0 Å². The van der Waals surface area contributed by atoms with Crippen molar-refractivity contribution in [1.29, 1.82) is 0 Å². The van der Waals surface area contributed by atoms with E-state index >= 15 is 0 Å². The van der Waals surface area contributed by atoms with Gasteiger partial charge in [-0.3, -0.25) is 0 Å². The molecule has 0 saturated carbocycles. The average molecular weight is 335 g/mol. The number of sulfonamides is 1. The van der Waals surface area contributed by atoms with Crippen LogP contribution < -0.4 is 4.18 Å². The quantitative estimate of drug-likeness (QED) is 0.704. The maximum Gasteiger partial charge on any atom is 0.306 e. The van der Waals surface area contributed by atoms with Crippen molar-refractivity contribution in [2.24, 2.45) is 5.92 Å². The van der Waals surface area contributed by atoms with E-state index in [1.807, 2.05) is 13.8 Å². The average Bonchev–Trinajstić information content (AvgIpc) is 2.27. The van der Waals surface area contributed by atoms with Crippen LogP contribution in [0, 0.1) is 5.92 Å². The van der Waals surface area contributed by atoms with Crippen LogP contribution in [0.25, 0.3) is 0 Å². The van der Waals surface area contributed by atoms with E-state index in [9.17, 15) is 16.8 Å². The topological polar surface area (TPSA) is 80.8 Å². The first-order chi connectivity index (χ1) is 9.47. The van der Waals surface area contributed by atoms with Crippen LogP contribution in [0.1, 0.15) is 19.4 Å². The van der Waals surface area contributed by atoms with Gasteiger partial charge in [0.2, 0.25) is 10.0 Å². The molecule has 6 nitrogen and oxygen atoms in total. The van der Waals surface area contributed by atoms with Crippen LogP contribution in [0.4, 0.5) is 0 Å². The zero-order valence-electron chi connectivity index (χ0n) is 12.6. The monoisotopic (exact) mass is 335 g/mol. The molecule has 1 aromatic rings. The molecule has 0 spiro atoms. The fourth-order valence-electron chi connectivity index (χ4n) is 1.75. The Kier molecular flexibility index (Phi) is 5.77. The summed E-state index contributed by atoms with van der Waals surface area (Å²) in [6.45, 7) is 4.57. The molecule has 0 bridgehead atoms. The van der Waals surface area contributed by atoms with E-state index in [2.05, 4.69) is 0 Å². The highest BCUT2D eigenvalue weighted by atomic mass is 32.2. The highest BCUT2D eigenvalue weighted by Gasteiger charge is 2.18. The van der Waals surface area contributed by atoms with Crippen molar-refractivity contribution < 1.29 is 21.0 Å². The van der Waals surface area contributed by atoms with Gasteiger partial charge in [0.15, 0.2) is 0 Å². The zero-order valence-corrected chi connectivity index (χ0v) is 14.2. The second-order valence-corrected chi connectivity index (χ2v) is 8.94. The summed E-state index contributed by atoms with van der Waals surface area (Å²) < 4.78 is 51.6. The highest BCUT2D eigenvalue weighted by Crippen LogP contribution is 2.17. The van der Waals surface area contributed by atoms with E-state index in [1.165, 1.54) is 22.7 Å². The predicted molar refractivity (Wildman–Crippen MR) is 82.0 cm³/mol. The first-order valence-electron chi connectivity index (χ1n) is 6.41. The Morgan fingerprint density at radius 2 is 1.57 bits per heavy atom. The molecule has 0 radical (unpaired) electrons. The molecule has 0 unspecified atom stereocenters. The van der Waals surface area contributed by atoms with Gasteiger partial charge in [-0.2, -0.15) is 12.7 Å². The molecular weight excluding hydrogens is 314 g/mol.